The van der Waals surface area contributed by atoms with Crippen LogP contribution in [0.5, 0.6) is 0 Å². The zero-order valence-corrected chi connectivity index (χ0v) is 12.9. The molecule has 0 radical (unpaired) electrons. The summed E-state index contributed by atoms with van der Waals surface area (Å²) < 4.78 is 27.7. The van der Waals surface area contributed by atoms with Crippen molar-refractivity contribution in [2.45, 2.75) is 43.9 Å². The molecule has 1 amide bonds. The molecule has 1 aromatic rings. The van der Waals surface area contributed by atoms with E-state index >= 15 is 0 Å². The summed E-state index contributed by atoms with van der Waals surface area (Å²) in [5, 5.41) is 2.75. The zero-order valence-electron chi connectivity index (χ0n) is 11.3. The highest BCUT2D eigenvalue weighted by atomic mass is 35.7. The molecule has 2 rings (SSSR count). The molecule has 0 atom stereocenters. The standard InChI is InChI=1S/C13H18ClNO4S/c1-9-12(20(14,17)18)8-11(19-9)13(16)15-7-6-10-4-2-3-5-10/h8,10H,2-7H2,1H3,(H,15,16). The molecule has 5 nitrogen and oxygen atoms in total. The molecule has 0 spiro atoms. The Bertz CT molecular complexity index is 588. The summed E-state index contributed by atoms with van der Waals surface area (Å²) in [5.41, 5.74) is 0. The largest absolute Gasteiger partial charge is 0.455 e. The fourth-order valence-electron chi connectivity index (χ4n) is 2.60. The van der Waals surface area contributed by atoms with Crippen LogP contribution in [0.15, 0.2) is 15.4 Å². The summed E-state index contributed by atoms with van der Waals surface area (Å²) in [6, 6.07) is 1.17. The molecule has 0 aromatic carbocycles. The van der Waals surface area contributed by atoms with Gasteiger partial charge in [0.25, 0.3) is 15.0 Å². The molecular formula is C13H18ClNO4S. The molecule has 0 saturated heterocycles. The fourth-order valence-corrected chi connectivity index (χ4v) is 3.69. The average molecular weight is 320 g/mol. The molecule has 1 saturated carbocycles. The first-order valence-electron chi connectivity index (χ1n) is 6.71. The number of hydrogen-bond acceptors (Lipinski definition) is 4. The third kappa shape index (κ3) is 3.76. The number of carbonyl (C=O) groups excluding carboxylic acids is 1. The van der Waals surface area contributed by atoms with Crippen LogP contribution in [0.25, 0.3) is 0 Å². The minimum atomic E-state index is -3.88. The van der Waals surface area contributed by atoms with Crippen molar-refractivity contribution in [3.8, 4) is 0 Å². The Hall–Kier alpha value is -1.01. The highest BCUT2D eigenvalue weighted by Crippen LogP contribution is 2.27. The van der Waals surface area contributed by atoms with Gasteiger partial charge >= 0.3 is 0 Å². The molecule has 1 N–H and O–H groups in total. The van der Waals surface area contributed by atoms with Gasteiger partial charge in [-0.15, -0.1) is 0 Å². The number of nitrogens with one attached hydrogen (secondary N) is 1. The lowest BCUT2D eigenvalue weighted by molar-refractivity contribution is 0.0922. The van der Waals surface area contributed by atoms with E-state index in [9.17, 15) is 13.2 Å². The summed E-state index contributed by atoms with van der Waals surface area (Å²) >= 11 is 0. The summed E-state index contributed by atoms with van der Waals surface area (Å²) in [5.74, 6) is 0.388. The van der Waals surface area contributed by atoms with Crippen LogP contribution in [0.3, 0.4) is 0 Å². The van der Waals surface area contributed by atoms with Gasteiger partial charge in [-0.25, -0.2) is 8.42 Å². The number of amides is 1. The van der Waals surface area contributed by atoms with Gasteiger partial charge in [-0.05, 0) is 19.3 Å². The smallest absolute Gasteiger partial charge is 0.287 e. The summed E-state index contributed by atoms with van der Waals surface area (Å²) in [7, 11) is 1.37. The number of carbonyl (C=O) groups is 1. The van der Waals surface area contributed by atoms with Gasteiger partial charge < -0.3 is 9.73 Å². The van der Waals surface area contributed by atoms with Crippen LogP contribution in [0.4, 0.5) is 0 Å². The summed E-state index contributed by atoms with van der Waals surface area (Å²) in [4.78, 5) is 11.7. The van der Waals surface area contributed by atoms with Crippen LogP contribution in [-0.4, -0.2) is 20.9 Å². The molecule has 112 valence electrons. The summed E-state index contributed by atoms with van der Waals surface area (Å²) in [6.45, 7) is 2.04. The van der Waals surface area contributed by atoms with Crippen LogP contribution >= 0.6 is 10.7 Å². The van der Waals surface area contributed by atoms with Crippen molar-refractivity contribution in [3.05, 3.63) is 17.6 Å². The lowest BCUT2D eigenvalue weighted by Gasteiger charge is -2.08. The molecule has 0 bridgehead atoms. The van der Waals surface area contributed by atoms with E-state index in [0.29, 0.717) is 12.5 Å². The lowest BCUT2D eigenvalue weighted by atomic mass is 10.0. The Labute approximate surface area is 123 Å². The van der Waals surface area contributed by atoms with Crippen LogP contribution < -0.4 is 5.32 Å². The van der Waals surface area contributed by atoms with Crippen molar-refractivity contribution in [3.63, 3.8) is 0 Å². The van der Waals surface area contributed by atoms with E-state index in [0.717, 1.165) is 6.42 Å². The monoisotopic (exact) mass is 319 g/mol. The maximum absolute atomic E-state index is 11.9. The van der Waals surface area contributed by atoms with Crippen LogP contribution in [-0.2, 0) is 9.05 Å². The van der Waals surface area contributed by atoms with Crippen LogP contribution in [0.2, 0.25) is 0 Å². The highest BCUT2D eigenvalue weighted by Gasteiger charge is 2.22. The van der Waals surface area contributed by atoms with E-state index < -0.39 is 15.0 Å². The molecule has 20 heavy (non-hydrogen) atoms. The first kappa shape index (κ1) is 15.4. The SMILES string of the molecule is Cc1oc(C(=O)NCCC2CCCC2)cc1S(=O)(=O)Cl. The molecule has 1 aliphatic rings. The molecule has 0 unspecified atom stereocenters. The maximum atomic E-state index is 11.9. The second kappa shape index (κ2) is 6.18. The van der Waals surface area contributed by atoms with Gasteiger partial charge in [0.15, 0.2) is 5.76 Å². The first-order chi connectivity index (χ1) is 9.38. The van der Waals surface area contributed by atoms with Gasteiger partial charge in [-0.1, -0.05) is 25.7 Å². The molecule has 1 fully saturated rings. The van der Waals surface area contributed by atoms with Gasteiger partial charge in [-0.3, -0.25) is 4.79 Å². The van der Waals surface area contributed by atoms with E-state index in [-0.39, 0.29) is 16.4 Å². The van der Waals surface area contributed by atoms with E-state index in [1.807, 2.05) is 0 Å². The lowest BCUT2D eigenvalue weighted by Crippen LogP contribution is -2.25. The van der Waals surface area contributed by atoms with Gasteiger partial charge in [0, 0.05) is 23.3 Å². The minimum Gasteiger partial charge on any atom is -0.455 e. The number of furan rings is 1. The molecular weight excluding hydrogens is 302 g/mol. The third-order valence-corrected chi connectivity index (χ3v) is 5.10. The first-order valence-corrected chi connectivity index (χ1v) is 9.02. The van der Waals surface area contributed by atoms with Gasteiger partial charge in [0.2, 0.25) is 0 Å². The van der Waals surface area contributed by atoms with Crippen LogP contribution in [0.1, 0.15) is 48.4 Å². The topological polar surface area (TPSA) is 76.4 Å². The molecule has 0 aliphatic heterocycles. The van der Waals surface area contributed by atoms with Gasteiger partial charge in [-0.2, -0.15) is 0 Å². The van der Waals surface area contributed by atoms with Crippen molar-refractivity contribution >= 4 is 25.6 Å². The second-order valence-electron chi connectivity index (χ2n) is 5.16. The Morgan fingerprint density at radius 2 is 2.10 bits per heavy atom. The third-order valence-electron chi connectivity index (χ3n) is 3.67. The van der Waals surface area contributed by atoms with E-state index in [2.05, 4.69) is 5.32 Å². The number of aryl methyl sites for hydroxylation is 1. The Morgan fingerprint density at radius 3 is 2.65 bits per heavy atom. The highest BCUT2D eigenvalue weighted by molar-refractivity contribution is 8.13. The normalized spacial score (nSPS) is 16.5. The number of hydrogen-bond donors (Lipinski definition) is 1. The zero-order chi connectivity index (χ0) is 14.8. The summed E-state index contributed by atoms with van der Waals surface area (Å²) in [6.07, 6.45) is 5.95. The number of rotatable bonds is 5. The minimum absolute atomic E-state index is 0.0202. The fraction of sp³-hybridized carbons (Fsp3) is 0.615. The second-order valence-corrected chi connectivity index (χ2v) is 7.70. The van der Waals surface area contributed by atoms with Gasteiger partial charge in [0.05, 0.1) is 0 Å². The van der Waals surface area contributed by atoms with Crippen LogP contribution in [0, 0.1) is 12.8 Å². The Balaban J connectivity index is 1.92. The number of halogens is 1. The molecule has 1 aliphatic carbocycles. The predicted molar refractivity (Wildman–Crippen MR) is 75.4 cm³/mol. The Morgan fingerprint density at radius 1 is 1.45 bits per heavy atom. The Kier molecular flexibility index (Phi) is 4.75. The molecule has 1 aromatic heterocycles. The van der Waals surface area contributed by atoms with Crippen molar-refractivity contribution in [1.82, 2.24) is 5.32 Å². The van der Waals surface area contributed by atoms with Crippen molar-refractivity contribution in [2.75, 3.05) is 6.54 Å². The average Bonchev–Trinajstić information content (AvgIpc) is 2.97. The quantitative estimate of drug-likeness (QED) is 0.847. The maximum Gasteiger partial charge on any atom is 0.287 e. The molecule has 1 heterocycles. The predicted octanol–water partition coefficient (Wildman–Crippen LogP) is 2.83. The van der Waals surface area contributed by atoms with Gasteiger partial charge in [0.1, 0.15) is 10.7 Å². The van der Waals surface area contributed by atoms with Crippen molar-refractivity contribution in [1.29, 1.82) is 0 Å². The van der Waals surface area contributed by atoms with Crippen molar-refractivity contribution < 1.29 is 17.6 Å². The van der Waals surface area contributed by atoms with E-state index in [1.54, 1.807) is 0 Å². The molecule has 7 heteroatoms. The van der Waals surface area contributed by atoms with Crippen molar-refractivity contribution in [2.24, 2.45) is 5.92 Å². The van der Waals surface area contributed by atoms with E-state index in [4.69, 9.17) is 15.1 Å². The van der Waals surface area contributed by atoms with E-state index in [1.165, 1.54) is 38.7 Å².